The molecule has 1 rings (SSSR count). The van der Waals surface area contributed by atoms with E-state index in [9.17, 15) is 14.7 Å². The quantitative estimate of drug-likeness (QED) is 0.680. The summed E-state index contributed by atoms with van der Waals surface area (Å²) in [5.41, 5.74) is -1.39. The molecule has 1 aliphatic rings. The number of nitrogens with one attached hydrogen (secondary N) is 1. The van der Waals surface area contributed by atoms with Crippen molar-refractivity contribution < 1.29 is 19.8 Å². The first-order valence-electron chi connectivity index (χ1n) is 5.78. The summed E-state index contributed by atoms with van der Waals surface area (Å²) in [4.78, 5) is 22.6. The Balaban J connectivity index is 2.50. The molecule has 2 unspecified atom stereocenters. The average Bonchev–Trinajstić information content (AvgIpc) is 2.16. The first-order chi connectivity index (χ1) is 7.57. The first-order valence-corrected chi connectivity index (χ1v) is 5.78. The molecule has 0 aromatic rings. The minimum Gasteiger partial charge on any atom is -0.481 e. The van der Waals surface area contributed by atoms with E-state index < -0.39 is 17.5 Å². The van der Waals surface area contributed by atoms with Gasteiger partial charge in [-0.05, 0) is 20.3 Å². The van der Waals surface area contributed by atoms with E-state index in [0.29, 0.717) is 6.42 Å². The Labute approximate surface area is 101 Å². The van der Waals surface area contributed by atoms with Crippen LogP contribution in [0.5, 0.6) is 0 Å². The Kier molecular flexibility index (Phi) is 3.52. The largest absolute Gasteiger partial charge is 0.481 e. The maximum Gasteiger partial charge on any atom is 0.309 e. The van der Waals surface area contributed by atoms with E-state index in [2.05, 4.69) is 5.32 Å². The monoisotopic (exact) mass is 243 g/mol. The summed E-state index contributed by atoms with van der Waals surface area (Å²) in [5, 5.41) is 21.2. The van der Waals surface area contributed by atoms with Crippen molar-refractivity contribution in [3.05, 3.63) is 0 Å². The van der Waals surface area contributed by atoms with Gasteiger partial charge in [0.25, 0.3) is 0 Å². The molecule has 17 heavy (non-hydrogen) atoms. The lowest BCUT2D eigenvalue weighted by atomic mass is 9.64. The summed E-state index contributed by atoms with van der Waals surface area (Å²) >= 11 is 0. The van der Waals surface area contributed by atoms with Crippen LogP contribution in [-0.4, -0.2) is 34.2 Å². The Hall–Kier alpha value is -1.10. The number of hydrogen-bond acceptors (Lipinski definition) is 3. The van der Waals surface area contributed by atoms with Gasteiger partial charge < -0.3 is 15.5 Å². The number of carboxylic acids is 1. The summed E-state index contributed by atoms with van der Waals surface area (Å²) in [7, 11) is 0. The van der Waals surface area contributed by atoms with E-state index >= 15 is 0 Å². The second kappa shape index (κ2) is 4.29. The molecular weight excluding hydrogens is 222 g/mol. The summed E-state index contributed by atoms with van der Waals surface area (Å²) in [5.74, 6) is -1.26. The van der Waals surface area contributed by atoms with Crippen molar-refractivity contribution >= 4 is 11.9 Å². The van der Waals surface area contributed by atoms with E-state index in [0.717, 1.165) is 0 Å². The third kappa shape index (κ3) is 2.77. The fourth-order valence-corrected chi connectivity index (χ4v) is 1.87. The van der Waals surface area contributed by atoms with Gasteiger partial charge in [0, 0.05) is 17.9 Å². The van der Waals surface area contributed by atoms with Crippen molar-refractivity contribution in [1.29, 1.82) is 0 Å². The molecule has 0 saturated heterocycles. The summed E-state index contributed by atoms with van der Waals surface area (Å²) in [6.07, 6.45) is 0.0809. The topological polar surface area (TPSA) is 86.6 Å². The summed E-state index contributed by atoms with van der Waals surface area (Å²) < 4.78 is 0. The lowest BCUT2D eigenvalue weighted by molar-refractivity contribution is -0.150. The van der Waals surface area contributed by atoms with E-state index in [-0.39, 0.29) is 23.8 Å². The molecular formula is C12H21NO4. The highest BCUT2D eigenvalue weighted by Gasteiger charge is 2.48. The highest BCUT2D eigenvalue weighted by atomic mass is 16.4. The summed E-state index contributed by atoms with van der Waals surface area (Å²) in [6, 6.07) is -0.0744. The zero-order chi connectivity index (χ0) is 13.4. The Morgan fingerprint density at radius 1 is 1.41 bits per heavy atom. The number of hydrogen-bond donors (Lipinski definition) is 3. The number of aliphatic carboxylic acids is 1. The molecule has 0 bridgehead atoms. The highest BCUT2D eigenvalue weighted by molar-refractivity contribution is 5.84. The zero-order valence-corrected chi connectivity index (χ0v) is 10.8. The van der Waals surface area contributed by atoms with Gasteiger partial charge in [-0.1, -0.05) is 13.8 Å². The van der Waals surface area contributed by atoms with Crippen LogP contribution in [0, 0.1) is 10.8 Å². The van der Waals surface area contributed by atoms with Gasteiger partial charge in [0.05, 0.1) is 11.5 Å². The number of aliphatic hydroxyl groups is 1. The van der Waals surface area contributed by atoms with E-state index in [1.165, 1.54) is 13.8 Å². The number of amides is 1. The van der Waals surface area contributed by atoms with Crippen LogP contribution in [0.25, 0.3) is 0 Å². The lowest BCUT2D eigenvalue weighted by Crippen LogP contribution is -2.61. The molecule has 5 heteroatoms. The van der Waals surface area contributed by atoms with Crippen LogP contribution in [0.1, 0.15) is 40.5 Å². The number of carbonyl (C=O) groups excluding carboxylic acids is 1. The van der Waals surface area contributed by atoms with Gasteiger partial charge in [-0.15, -0.1) is 0 Å². The van der Waals surface area contributed by atoms with Crippen LogP contribution in [-0.2, 0) is 9.59 Å². The van der Waals surface area contributed by atoms with Crippen molar-refractivity contribution in [1.82, 2.24) is 5.32 Å². The maximum absolute atomic E-state index is 11.7. The Bertz CT molecular complexity index is 335. The first kappa shape index (κ1) is 14.0. The van der Waals surface area contributed by atoms with E-state index in [1.807, 2.05) is 13.8 Å². The fraction of sp³-hybridized carbons (Fsp3) is 0.833. The normalized spacial score (nSPS) is 27.1. The van der Waals surface area contributed by atoms with E-state index in [4.69, 9.17) is 5.11 Å². The number of carbonyl (C=O) groups is 2. The van der Waals surface area contributed by atoms with Gasteiger partial charge in [0.2, 0.25) is 5.91 Å². The molecule has 0 heterocycles. The molecule has 1 amide bonds. The second-order valence-corrected chi connectivity index (χ2v) is 6.06. The fourth-order valence-electron chi connectivity index (χ4n) is 1.87. The van der Waals surface area contributed by atoms with Crippen molar-refractivity contribution in [3.63, 3.8) is 0 Å². The van der Waals surface area contributed by atoms with Crippen LogP contribution in [0.3, 0.4) is 0 Å². The zero-order valence-electron chi connectivity index (χ0n) is 10.8. The molecule has 0 aromatic heterocycles. The third-order valence-corrected chi connectivity index (χ3v) is 3.73. The van der Waals surface area contributed by atoms with E-state index in [1.54, 1.807) is 0 Å². The molecule has 5 nitrogen and oxygen atoms in total. The van der Waals surface area contributed by atoms with Crippen molar-refractivity contribution in [2.24, 2.45) is 10.8 Å². The van der Waals surface area contributed by atoms with Crippen LogP contribution >= 0.6 is 0 Å². The predicted octanol–water partition coefficient (Wildman–Crippen LogP) is 0.763. The van der Waals surface area contributed by atoms with Crippen LogP contribution in [0.4, 0.5) is 0 Å². The predicted molar refractivity (Wildman–Crippen MR) is 62.4 cm³/mol. The van der Waals surface area contributed by atoms with Gasteiger partial charge >= 0.3 is 5.97 Å². The minimum atomic E-state index is -1.06. The van der Waals surface area contributed by atoms with Crippen LogP contribution < -0.4 is 5.32 Å². The van der Waals surface area contributed by atoms with Gasteiger partial charge in [-0.2, -0.15) is 0 Å². The number of aliphatic hydroxyl groups excluding tert-OH is 1. The minimum absolute atomic E-state index is 0.0506. The standard InChI is InChI=1S/C12H21NO4/c1-11(2,10(16)17)6-9(15)13-7-5-8(14)12(7,3)4/h7-8,14H,5-6H2,1-4H3,(H,13,15)(H,16,17). The Morgan fingerprint density at radius 3 is 2.29 bits per heavy atom. The van der Waals surface area contributed by atoms with Gasteiger partial charge in [0.1, 0.15) is 0 Å². The molecule has 3 N–H and O–H groups in total. The third-order valence-electron chi connectivity index (χ3n) is 3.73. The van der Waals surface area contributed by atoms with Gasteiger partial charge in [-0.25, -0.2) is 0 Å². The van der Waals surface area contributed by atoms with Crippen molar-refractivity contribution in [3.8, 4) is 0 Å². The van der Waals surface area contributed by atoms with Crippen LogP contribution in [0.15, 0.2) is 0 Å². The molecule has 1 aliphatic carbocycles. The molecule has 0 radical (unpaired) electrons. The molecule has 98 valence electrons. The molecule has 0 aliphatic heterocycles. The molecule has 0 aromatic carbocycles. The van der Waals surface area contributed by atoms with Gasteiger partial charge in [0.15, 0.2) is 0 Å². The highest BCUT2D eigenvalue weighted by Crippen LogP contribution is 2.40. The van der Waals surface area contributed by atoms with Gasteiger partial charge in [-0.3, -0.25) is 9.59 Å². The maximum atomic E-state index is 11.7. The molecule has 1 fully saturated rings. The summed E-state index contributed by atoms with van der Waals surface area (Å²) in [6.45, 7) is 6.81. The molecule has 2 atom stereocenters. The van der Waals surface area contributed by atoms with Crippen molar-refractivity contribution in [2.45, 2.75) is 52.7 Å². The average molecular weight is 243 g/mol. The second-order valence-electron chi connectivity index (χ2n) is 6.06. The number of rotatable bonds is 4. The van der Waals surface area contributed by atoms with Crippen molar-refractivity contribution in [2.75, 3.05) is 0 Å². The molecule has 0 spiro atoms. The Morgan fingerprint density at radius 2 is 1.94 bits per heavy atom. The smallest absolute Gasteiger partial charge is 0.309 e. The number of carboxylic acid groups (broad SMARTS) is 1. The molecule has 1 saturated carbocycles. The SMILES string of the molecule is CC(C)(CC(=O)NC1CC(O)C1(C)C)C(=O)O. The van der Waals surface area contributed by atoms with Crippen LogP contribution in [0.2, 0.25) is 0 Å². The lowest BCUT2D eigenvalue weighted by Gasteiger charge is -2.49.